The summed E-state index contributed by atoms with van der Waals surface area (Å²) in [6.45, 7) is 2.40. The minimum Gasteiger partial charge on any atom is -0.268 e. The van der Waals surface area contributed by atoms with E-state index in [1.54, 1.807) is 18.5 Å². The molecule has 0 saturated heterocycles. The van der Waals surface area contributed by atoms with Crippen LogP contribution in [0.25, 0.3) is 22.6 Å². The summed E-state index contributed by atoms with van der Waals surface area (Å²) in [5.41, 5.74) is 2.92. The van der Waals surface area contributed by atoms with Gasteiger partial charge in [-0.15, -0.1) is 0 Å². The minimum absolute atomic E-state index is 0.119. The molecule has 0 N–H and O–H groups in total. The van der Waals surface area contributed by atoms with E-state index in [-0.39, 0.29) is 5.56 Å². The highest BCUT2D eigenvalue weighted by atomic mass is 16.1. The Morgan fingerprint density at radius 1 is 0.952 bits per heavy atom. The van der Waals surface area contributed by atoms with Crippen LogP contribution in [0.1, 0.15) is 6.92 Å². The summed E-state index contributed by atoms with van der Waals surface area (Å²) in [6, 6.07) is 13.0. The molecule has 3 aromatic rings. The third kappa shape index (κ3) is 2.58. The van der Waals surface area contributed by atoms with Crippen LogP contribution in [-0.2, 0) is 6.54 Å². The van der Waals surface area contributed by atoms with Gasteiger partial charge in [0, 0.05) is 30.6 Å². The summed E-state index contributed by atoms with van der Waals surface area (Å²) in [5.74, 6) is 0. The van der Waals surface area contributed by atoms with Crippen LogP contribution in [0.3, 0.4) is 0 Å². The lowest BCUT2D eigenvalue weighted by Gasteiger charge is -2.08. The fraction of sp³-hybridized carbons (Fsp3) is 0.125. The molecule has 104 valence electrons. The zero-order chi connectivity index (χ0) is 14.7. The first-order valence-corrected chi connectivity index (χ1v) is 6.74. The first kappa shape index (κ1) is 13.2. The minimum atomic E-state index is -0.119. The Bertz CT molecular complexity index is 812. The number of aromatic nitrogens is 4. The third-order valence-corrected chi connectivity index (χ3v) is 3.15. The Hall–Kier alpha value is -2.82. The molecule has 0 fully saturated rings. The Morgan fingerprint density at radius 3 is 2.38 bits per heavy atom. The SMILES string of the molecule is CCn1nc(-c2nccnc2-c2ccccc2)ccc1=O. The van der Waals surface area contributed by atoms with Gasteiger partial charge in [-0.05, 0) is 13.0 Å². The fourth-order valence-corrected chi connectivity index (χ4v) is 2.13. The maximum absolute atomic E-state index is 11.7. The van der Waals surface area contributed by atoms with Gasteiger partial charge >= 0.3 is 0 Å². The van der Waals surface area contributed by atoms with Gasteiger partial charge in [0.05, 0.1) is 5.69 Å². The van der Waals surface area contributed by atoms with Crippen LogP contribution < -0.4 is 5.56 Å². The van der Waals surface area contributed by atoms with E-state index in [1.807, 2.05) is 37.3 Å². The molecular formula is C16H14N4O. The van der Waals surface area contributed by atoms with Crippen molar-refractivity contribution in [2.45, 2.75) is 13.5 Å². The molecule has 5 heteroatoms. The largest absolute Gasteiger partial charge is 0.268 e. The number of nitrogens with zero attached hydrogens (tertiary/aromatic N) is 4. The monoisotopic (exact) mass is 278 g/mol. The van der Waals surface area contributed by atoms with Crippen molar-refractivity contribution in [2.75, 3.05) is 0 Å². The number of benzene rings is 1. The van der Waals surface area contributed by atoms with Crippen molar-refractivity contribution in [3.05, 3.63) is 65.2 Å². The van der Waals surface area contributed by atoms with Crippen LogP contribution in [-0.4, -0.2) is 19.7 Å². The Labute approximate surface area is 121 Å². The van der Waals surface area contributed by atoms with Gasteiger partial charge in [-0.3, -0.25) is 14.8 Å². The molecule has 0 atom stereocenters. The van der Waals surface area contributed by atoms with Crippen LogP contribution in [0.2, 0.25) is 0 Å². The third-order valence-electron chi connectivity index (χ3n) is 3.15. The second-order valence-corrected chi connectivity index (χ2v) is 4.49. The van der Waals surface area contributed by atoms with Gasteiger partial charge in [0.1, 0.15) is 11.4 Å². The van der Waals surface area contributed by atoms with E-state index < -0.39 is 0 Å². The Balaban J connectivity index is 2.18. The van der Waals surface area contributed by atoms with Gasteiger partial charge in [-0.2, -0.15) is 5.10 Å². The lowest BCUT2D eigenvalue weighted by Crippen LogP contribution is -2.21. The number of hydrogen-bond acceptors (Lipinski definition) is 4. The van der Waals surface area contributed by atoms with Gasteiger partial charge in [0.25, 0.3) is 5.56 Å². The maximum Gasteiger partial charge on any atom is 0.266 e. The van der Waals surface area contributed by atoms with Crippen LogP contribution in [0, 0.1) is 0 Å². The summed E-state index contributed by atoms with van der Waals surface area (Å²) < 4.78 is 1.42. The van der Waals surface area contributed by atoms with Gasteiger partial charge in [0.2, 0.25) is 0 Å². The molecule has 0 aliphatic heterocycles. The highest BCUT2D eigenvalue weighted by molar-refractivity contribution is 5.75. The van der Waals surface area contributed by atoms with E-state index in [9.17, 15) is 4.79 Å². The van der Waals surface area contributed by atoms with E-state index in [1.165, 1.54) is 10.7 Å². The fourth-order valence-electron chi connectivity index (χ4n) is 2.13. The Morgan fingerprint density at radius 2 is 1.67 bits per heavy atom. The van der Waals surface area contributed by atoms with Crippen molar-refractivity contribution in [1.29, 1.82) is 0 Å². The summed E-state index contributed by atoms with van der Waals surface area (Å²) in [7, 11) is 0. The van der Waals surface area contributed by atoms with Crippen LogP contribution >= 0.6 is 0 Å². The Kier molecular flexibility index (Phi) is 3.55. The summed E-state index contributed by atoms with van der Waals surface area (Å²) in [4.78, 5) is 20.5. The summed E-state index contributed by atoms with van der Waals surface area (Å²) >= 11 is 0. The first-order valence-electron chi connectivity index (χ1n) is 6.74. The molecule has 0 aliphatic rings. The van der Waals surface area contributed by atoms with Gasteiger partial charge in [-0.1, -0.05) is 30.3 Å². The van der Waals surface area contributed by atoms with Crippen molar-refractivity contribution in [1.82, 2.24) is 19.7 Å². The molecular weight excluding hydrogens is 264 g/mol. The molecule has 5 nitrogen and oxygen atoms in total. The second kappa shape index (κ2) is 5.66. The first-order chi connectivity index (χ1) is 10.3. The van der Waals surface area contributed by atoms with Gasteiger partial charge < -0.3 is 0 Å². The topological polar surface area (TPSA) is 60.7 Å². The zero-order valence-electron chi connectivity index (χ0n) is 11.6. The average molecular weight is 278 g/mol. The molecule has 0 bridgehead atoms. The number of hydrogen-bond donors (Lipinski definition) is 0. The molecule has 0 saturated carbocycles. The van der Waals surface area contributed by atoms with E-state index in [0.717, 1.165) is 11.3 Å². The lowest BCUT2D eigenvalue weighted by atomic mass is 10.1. The summed E-state index contributed by atoms with van der Waals surface area (Å²) in [6.07, 6.45) is 3.28. The molecule has 0 aliphatic carbocycles. The molecule has 21 heavy (non-hydrogen) atoms. The maximum atomic E-state index is 11.7. The van der Waals surface area contributed by atoms with Crippen molar-refractivity contribution < 1.29 is 0 Å². The lowest BCUT2D eigenvalue weighted by molar-refractivity contribution is 0.618. The van der Waals surface area contributed by atoms with Crippen molar-refractivity contribution in [3.63, 3.8) is 0 Å². The molecule has 2 heterocycles. The number of aryl methyl sites for hydroxylation is 1. The predicted octanol–water partition coefficient (Wildman–Crippen LogP) is 2.39. The van der Waals surface area contributed by atoms with Gasteiger partial charge in [-0.25, -0.2) is 4.68 Å². The smallest absolute Gasteiger partial charge is 0.266 e. The van der Waals surface area contributed by atoms with Gasteiger partial charge in [0.15, 0.2) is 0 Å². The predicted molar refractivity (Wildman–Crippen MR) is 80.6 cm³/mol. The molecule has 3 rings (SSSR count). The summed E-state index contributed by atoms with van der Waals surface area (Å²) in [5, 5.41) is 4.35. The molecule has 0 amide bonds. The second-order valence-electron chi connectivity index (χ2n) is 4.49. The van der Waals surface area contributed by atoms with Crippen LogP contribution in [0.5, 0.6) is 0 Å². The van der Waals surface area contributed by atoms with E-state index in [2.05, 4.69) is 15.1 Å². The zero-order valence-corrected chi connectivity index (χ0v) is 11.6. The standard InChI is InChI=1S/C16H14N4O/c1-2-20-14(21)9-8-13(19-20)16-15(17-10-11-18-16)12-6-4-3-5-7-12/h3-11H,2H2,1H3. The van der Waals surface area contributed by atoms with Crippen LogP contribution in [0.15, 0.2) is 59.7 Å². The highest BCUT2D eigenvalue weighted by Gasteiger charge is 2.12. The van der Waals surface area contributed by atoms with Crippen molar-refractivity contribution in [2.24, 2.45) is 0 Å². The van der Waals surface area contributed by atoms with E-state index >= 15 is 0 Å². The highest BCUT2D eigenvalue weighted by Crippen LogP contribution is 2.25. The molecule has 1 aromatic carbocycles. The number of rotatable bonds is 3. The molecule has 0 unspecified atom stereocenters. The quantitative estimate of drug-likeness (QED) is 0.738. The average Bonchev–Trinajstić information content (AvgIpc) is 2.56. The van der Waals surface area contributed by atoms with Crippen molar-refractivity contribution >= 4 is 0 Å². The normalized spacial score (nSPS) is 10.5. The van der Waals surface area contributed by atoms with E-state index in [0.29, 0.717) is 17.9 Å². The molecule has 0 radical (unpaired) electrons. The molecule has 2 aromatic heterocycles. The van der Waals surface area contributed by atoms with Crippen LogP contribution in [0.4, 0.5) is 0 Å². The molecule has 0 spiro atoms. The van der Waals surface area contributed by atoms with E-state index in [4.69, 9.17) is 0 Å². The van der Waals surface area contributed by atoms with Crippen molar-refractivity contribution in [3.8, 4) is 22.6 Å².